The van der Waals surface area contributed by atoms with E-state index in [9.17, 15) is 4.79 Å². The highest BCUT2D eigenvalue weighted by molar-refractivity contribution is 5.96. The maximum atomic E-state index is 12.7. The van der Waals surface area contributed by atoms with Crippen molar-refractivity contribution < 1.29 is 9.21 Å². The average Bonchev–Trinajstić information content (AvgIpc) is 3.23. The van der Waals surface area contributed by atoms with Crippen molar-refractivity contribution in [2.45, 2.75) is 33.7 Å². The summed E-state index contributed by atoms with van der Waals surface area (Å²) in [6.45, 7) is 8.05. The molecule has 132 valence electrons. The number of furan rings is 1. The van der Waals surface area contributed by atoms with Crippen LogP contribution in [0.15, 0.2) is 28.9 Å². The quantitative estimate of drug-likeness (QED) is 0.773. The highest BCUT2D eigenvalue weighted by atomic mass is 16.3. The van der Waals surface area contributed by atoms with Gasteiger partial charge in [0.25, 0.3) is 5.91 Å². The fourth-order valence-corrected chi connectivity index (χ4v) is 3.13. The van der Waals surface area contributed by atoms with E-state index in [1.807, 2.05) is 57.6 Å². The summed E-state index contributed by atoms with van der Waals surface area (Å²) in [7, 11) is 1.83. The molecule has 0 spiro atoms. The molecule has 3 aromatic heterocycles. The fraction of sp³-hybridized carbons (Fsp3) is 0.389. The van der Waals surface area contributed by atoms with Gasteiger partial charge < -0.3 is 9.73 Å². The van der Waals surface area contributed by atoms with Crippen LogP contribution in [0, 0.1) is 27.7 Å². The number of hydrogen-bond donors (Lipinski definition) is 1. The van der Waals surface area contributed by atoms with Crippen LogP contribution in [-0.4, -0.2) is 32.0 Å². The number of rotatable bonds is 5. The Morgan fingerprint density at radius 2 is 2.04 bits per heavy atom. The molecule has 25 heavy (non-hydrogen) atoms. The van der Waals surface area contributed by atoms with Crippen LogP contribution in [0.25, 0.3) is 0 Å². The van der Waals surface area contributed by atoms with Crippen molar-refractivity contribution in [3.8, 4) is 0 Å². The Balaban J connectivity index is 1.84. The second-order valence-electron chi connectivity index (χ2n) is 6.28. The molecule has 3 heterocycles. The van der Waals surface area contributed by atoms with Crippen LogP contribution in [-0.2, 0) is 7.05 Å². The van der Waals surface area contributed by atoms with Crippen molar-refractivity contribution in [1.82, 2.24) is 24.9 Å². The zero-order valence-corrected chi connectivity index (χ0v) is 15.2. The summed E-state index contributed by atoms with van der Waals surface area (Å²) < 4.78 is 9.18. The Hall–Kier alpha value is -2.83. The van der Waals surface area contributed by atoms with Crippen molar-refractivity contribution in [2.75, 3.05) is 6.54 Å². The van der Waals surface area contributed by atoms with Gasteiger partial charge in [-0.05, 0) is 45.9 Å². The molecule has 0 fully saturated rings. The van der Waals surface area contributed by atoms with E-state index >= 15 is 0 Å². The molecular formula is C18H23N5O2. The summed E-state index contributed by atoms with van der Waals surface area (Å²) >= 11 is 0. The lowest BCUT2D eigenvalue weighted by molar-refractivity contribution is 0.0946. The maximum Gasteiger partial charge on any atom is 0.255 e. The van der Waals surface area contributed by atoms with Gasteiger partial charge in [-0.2, -0.15) is 10.2 Å². The first-order chi connectivity index (χ1) is 11.9. The number of nitrogens with one attached hydrogen (secondary N) is 1. The van der Waals surface area contributed by atoms with Crippen LogP contribution >= 0.6 is 0 Å². The van der Waals surface area contributed by atoms with E-state index in [1.165, 1.54) is 0 Å². The molecule has 7 nitrogen and oxygen atoms in total. The van der Waals surface area contributed by atoms with Gasteiger partial charge in [0.05, 0.1) is 23.2 Å². The van der Waals surface area contributed by atoms with E-state index in [0.717, 1.165) is 28.5 Å². The van der Waals surface area contributed by atoms with Gasteiger partial charge in [0, 0.05) is 25.0 Å². The van der Waals surface area contributed by atoms with Crippen molar-refractivity contribution in [2.24, 2.45) is 7.05 Å². The van der Waals surface area contributed by atoms with Crippen LogP contribution in [0.5, 0.6) is 0 Å². The Bertz CT molecular complexity index is 889. The number of hydrogen-bond acceptors (Lipinski definition) is 4. The molecule has 0 aliphatic heterocycles. The summed E-state index contributed by atoms with van der Waals surface area (Å²) in [6, 6.07) is 5.54. The minimum absolute atomic E-state index is 0.138. The van der Waals surface area contributed by atoms with Crippen molar-refractivity contribution in [3.63, 3.8) is 0 Å². The molecule has 0 aromatic carbocycles. The second kappa shape index (κ2) is 6.58. The highest BCUT2D eigenvalue weighted by Crippen LogP contribution is 2.21. The molecule has 1 N–H and O–H groups in total. The predicted octanol–water partition coefficient (Wildman–Crippen LogP) is 2.46. The third-order valence-electron chi connectivity index (χ3n) is 4.40. The van der Waals surface area contributed by atoms with Gasteiger partial charge in [0.2, 0.25) is 0 Å². The number of nitrogens with zero attached hydrogens (tertiary/aromatic N) is 4. The van der Waals surface area contributed by atoms with Crippen LogP contribution in [0.4, 0.5) is 0 Å². The molecule has 0 bridgehead atoms. The van der Waals surface area contributed by atoms with Crippen LogP contribution in [0.3, 0.4) is 0 Å². The van der Waals surface area contributed by atoms with E-state index in [0.29, 0.717) is 12.1 Å². The summed E-state index contributed by atoms with van der Waals surface area (Å²) in [6.07, 6.45) is 1.63. The van der Waals surface area contributed by atoms with Crippen molar-refractivity contribution >= 4 is 5.91 Å². The van der Waals surface area contributed by atoms with Crippen molar-refractivity contribution in [1.29, 1.82) is 0 Å². The summed E-state index contributed by atoms with van der Waals surface area (Å²) in [5, 5.41) is 11.9. The minimum atomic E-state index is -0.204. The average molecular weight is 341 g/mol. The number of carbonyl (C=O) groups excluding carboxylic acids is 1. The van der Waals surface area contributed by atoms with Gasteiger partial charge in [-0.15, -0.1) is 0 Å². The molecule has 0 aliphatic rings. The van der Waals surface area contributed by atoms with E-state index in [1.54, 1.807) is 10.9 Å². The molecule has 3 aromatic rings. The normalized spacial score (nSPS) is 12.4. The first-order valence-electron chi connectivity index (χ1n) is 8.23. The van der Waals surface area contributed by atoms with E-state index in [4.69, 9.17) is 4.42 Å². The molecule has 1 unspecified atom stereocenters. The monoisotopic (exact) mass is 341 g/mol. The first-order valence-corrected chi connectivity index (χ1v) is 8.23. The molecule has 1 atom stereocenters. The first kappa shape index (κ1) is 17.0. The van der Waals surface area contributed by atoms with Crippen LogP contribution in [0.1, 0.15) is 44.9 Å². The Labute approximate surface area is 146 Å². The SMILES string of the molecule is Cc1cc(C)n(C(CNC(=O)c2c(C)nn(C)c2C)c2ccco2)n1. The molecule has 1 amide bonds. The summed E-state index contributed by atoms with van der Waals surface area (Å²) in [4.78, 5) is 12.7. The fourth-order valence-electron chi connectivity index (χ4n) is 3.13. The van der Waals surface area contributed by atoms with Crippen LogP contribution in [0.2, 0.25) is 0 Å². The zero-order valence-electron chi connectivity index (χ0n) is 15.2. The Morgan fingerprint density at radius 3 is 2.56 bits per heavy atom. The third kappa shape index (κ3) is 3.22. The second-order valence-corrected chi connectivity index (χ2v) is 6.28. The minimum Gasteiger partial charge on any atom is -0.467 e. The number of amides is 1. The van der Waals surface area contributed by atoms with E-state index < -0.39 is 0 Å². The molecule has 0 radical (unpaired) electrons. The van der Waals surface area contributed by atoms with Gasteiger partial charge in [0.15, 0.2) is 0 Å². The van der Waals surface area contributed by atoms with Gasteiger partial charge >= 0.3 is 0 Å². The largest absolute Gasteiger partial charge is 0.467 e. The van der Waals surface area contributed by atoms with Gasteiger partial charge in [-0.1, -0.05) is 0 Å². The standard InChI is InChI=1S/C18H23N5O2/c1-11-9-12(2)23(20-11)15(16-7-6-8-25-16)10-19-18(24)17-13(3)21-22(5)14(17)4/h6-9,15H,10H2,1-5H3,(H,19,24). The number of carbonyl (C=O) groups is 1. The van der Waals surface area contributed by atoms with Gasteiger partial charge in [-0.3, -0.25) is 14.2 Å². The van der Waals surface area contributed by atoms with Crippen molar-refractivity contribution in [3.05, 3.63) is 58.6 Å². The molecular weight excluding hydrogens is 318 g/mol. The summed E-state index contributed by atoms with van der Waals surface area (Å²) in [5.41, 5.74) is 4.13. The van der Waals surface area contributed by atoms with E-state index in [2.05, 4.69) is 15.5 Å². The zero-order chi connectivity index (χ0) is 18.1. The maximum absolute atomic E-state index is 12.7. The smallest absolute Gasteiger partial charge is 0.255 e. The topological polar surface area (TPSA) is 77.9 Å². The molecule has 0 saturated carbocycles. The lowest BCUT2D eigenvalue weighted by Gasteiger charge is -2.18. The lowest BCUT2D eigenvalue weighted by Crippen LogP contribution is -2.32. The molecule has 0 saturated heterocycles. The lowest BCUT2D eigenvalue weighted by atomic mass is 10.1. The van der Waals surface area contributed by atoms with Gasteiger partial charge in [0.1, 0.15) is 11.8 Å². The van der Waals surface area contributed by atoms with E-state index in [-0.39, 0.29) is 11.9 Å². The third-order valence-corrected chi connectivity index (χ3v) is 4.40. The number of aryl methyl sites for hydroxylation is 4. The Kier molecular flexibility index (Phi) is 4.48. The molecule has 3 rings (SSSR count). The van der Waals surface area contributed by atoms with Crippen LogP contribution < -0.4 is 5.32 Å². The Morgan fingerprint density at radius 1 is 1.28 bits per heavy atom. The van der Waals surface area contributed by atoms with Gasteiger partial charge in [-0.25, -0.2) is 0 Å². The highest BCUT2D eigenvalue weighted by Gasteiger charge is 2.23. The molecule has 0 aliphatic carbocycles. The molecule has 7 heteroatoms. The summed E-state index contributed by atoms with van der Waals surface area (Å²) in [5.74, 6) is 0.618. The number of aromatic nitrogens is 4. The predicted molar refractivity (Wildman–Crippen MR) is 93.6 cm³/mol.